The van der Waals surface area contributed by atoms with Crippen LogP contribution in [0.5, 0.6) is 0 Å². The minimum absolute atomic E-state index is 0.250. The van der Waals surface area contributed by atoms with E-state index < -0.39 is 0 Å². The predicted octanol–water partition coefficient (Wildman–Crippen LogP) is 0.271. The van der Waals surface area contributed by atoms with Crippen LogP contribution in [-0.4, -0.2) is 12.5 Å². The Labute approximate surface area is 34.7 Å². The van der Waals surface area contributed by atoms with E-state index in [1.165, 1.54) is 6.38 Å². The summed E-state index contributed by atoms with van der Waals surface area (Å²) >= 11 is 4.64. The van der Waals surface area contributed by atoms with Crippen molar-refractivity contribution < 1.29 is 9.59 Å². The van der Waals surface area contributed by atoms with Crippen molar-refractivity contribution in [3.63, 3.8) is 0 Å². The molecule has 2 nitrogen and oxygen atoms in total. The fourth-order valence-corrected chi connectivity index (χ4v) is 0. The van der Waals surface area contributed by atoms with E-state index in [0.717, 1.165) is 0 Å². The van der Waals surface area contributed by atoms with Crippen LogP contribution in [0.4, 0.5) is 0 Å². The van der Waals surface area contributed by atoms with Gasteiger partial charge in [-0.25, -0.2) is 0 Å². The van der Waals surface area contributed by atoms with Crippen LogP contribution in [-0.2, 0) is 9.59 Å². The quantitative estimate of drug-likeness (QED) is 0.404. The first-order valence-corrected chi connectivity index (χ1v) is 1.54. The molecule has 0 aliphatic carbocycles. The molecule has 0 aliphatic rings. The summed E-state index contributed by atoms with van der Waals surface area (Å²) in [5.41, 5.74) is 0. The van der Waals surface area contributed by atoms with Gasteiger partial charge in [0.1, 0.15) is 0 Å². The number of hydrogen-bond acceptors (Lipinski definition) is 2. The number of halogens is 1. The SMILES string of the molecule is CCl.O=C=O. The Morgan fingerprint density at radius 2 is 1.40 bits per heavy atom. The molecule has 0 fully saturated rings. The molecule has 0 saturated carbocycles. The molecular formula is C2H3ClO2. The van der Waals surface area contributed by atoms with E-state index >= 15 is 0 Å². The van der Waals surface area contributed by atoms with Gasteiger partial charge in [0.15, 0.2) is 0 Å². The summed E-state index contributed by atoms with van der Waals surface area (Å²) in [5, 5.41) is 0. The summed E-state index contributed by atoms with van der Waals surface area (Å²) < 4.78 is 0. The second-order valence-electron chi connectivity index (χ2n) is 0.0833. The topological polar surface area (TPSA) is 34.1 Å². The normalized spacial score (nSPS) is 2.80. The van der Waals surface area contributed by atoms with Gasteiger partial charge in [-0.2, -0.15) is 9.59 Å². The zero-order chi connectivity index (χ0) is 4.71. The molecule has 0 aromatic carbocycles. The van der Waals surface area contributed by atoms with Crippen molar-refractivity contribution in [1.29, 1.82) is 0 Å². The van der Waals surface area contributed by atoms with Crippen molar-refractivity contribution in [2.75, 3.05) is 6.38 Å². The van der Waals surface area contributed by atoms with Gasteiger partial charge in [-0.15, -0.1) is 11.6 Å². The Morgan fingerprint density at radius 1 is 1.40 bits per heavy atom. The third-order valence-electron chi connectivity index (χ3n) is 0. The molecule has 0 rings (SSSR count). The molecule has 0 amide bonds. The molecule has 0 saturated heterocycles. The molecule has 0 aliphatic heterocycles. The maximum absolute atomic E-state index is 8.12. The highest BCUT2D eigenvalue weighted by Gasteiger charge is 1.13. The number of hydrogen-bond donors (Lipinski definition) is 0. The van der Waals surface area contributed by atoms with E-state index in [1.54, 1.807) is 0 Å². The number of carbonyl (C=O) groups excluding carboxylic acids is 2. The van der Waals surface area contributed by atoms with E-state index in [9.17, 15) is 0 Å². The van der Waals surface area contributed by atoms with Gasteiger partial charge in [-0.3, -0.25) is 0 Å². The molecule has 0 bridgehead atoms. The molecule has 0 heterocycles. The van der Waals surface area contributed by atoms with Gasteiger partial charge >= 0.3 is 6.15 Å². The van der Waals surface area contributed by atoms with Crippen molar-refractivity contribution in [3.8, 4) is 0 Å². The lowest BCUT2D eigenvalue weighted by atomic mass is 11.8. The zero-order valence-electron chi connectivity index (χ0n) is 2.69. The lowest BCUT2D eigenvalue weighted by molar-refractivity contribution is -0.191. The Hall–Kier alpha value is -0.330. The van der Waals surface area contributed by atoms with Crippen molar-refractivity contribution in [3.05, 3.63) is 0 Å². The maximum atomic E-state index is 8.12. The molecule has 0 N–H and O–H groups in total. The van der Waals surface area contributed by atoms with Gasteiger partial charge in [0.05, 0.1) is 0 Å². The molecule has 5 heavy (non-hydrogen) atoms. The van der Waals surface area contributed by atoms with Crippen molar-refractivity contribution in [2.45, 2.75) is 0 Å². The third-order valence-corrected chi connectivity index (χ3v) is 0. The number of alkyl halides is 1. The second kappa shape index (κ2) is 58.3. The first kappa shape index (κ1) is 8.82. The van der Waals surface area contributed by atoms with Gasteiger partial charge in [0, 0.05) is 6.38 Å². The molecule has 0 spiro atoms. The zero-order valence-corrected chi connectivity index (χ0v) is 3.45. The van der Waals surface area contributed by atoms with Crippen molar-refractivity contribution >= 4 is 17.8 Å². The van der Waals surface area contributed by atoms with Gasteiger partial charge in [-0.05, 0) is 0 Å². The Kier molecular flexibility index (Phi) is 103. The van der Waals surface area contributed by atoms with Crippen LogP contribution < -0.4 is 0 Å². The third kappa shape index (κ3) is 94.0. The summed E-state index contributed by atoms with van der Waals surface area (Å²) in [7, 11) is 0. The molecule has 30 valence electrons. The lowest BCUT2D eigenvalue weighted by Crippen LogP contribution is -1.22. The van der Waals surface area contributed by atoms with E-state index in [1.807, 2.05) is 0 Å². The molecule has 0 aromatic rings. The lowest BCUT2D eigenvalue weighted by Gasteiger charge is -1.06. The Balaban J connectivity index is 0. The van der Waals surface area contributed by atoms with E-state index in [-0.39, 0.29) is 6.15 Å². The van der Waals surface area contributed by atoms with Crippen LogP contribution in [0.3, 0.4) is 0 Å². The first-order valence-electron chi connectivity index (χ1n) is 0.786. The van der Waals surface area contributed by atoms with Crippen molar-refractivity contribution in [2.24, 2.45) is 0 Å². The minimum atomic E-state index is 0.250. The summed E-state index contributed by atoms with van der Waals surface area (Å²) in [6.07, 6.45) is 1.72. The molecular weight excluding hydrogens is 91.5 g/mol. The number of rotatable bonds is 0. The van der Waals surface area contributed by atoms with Crippen LogP contribution >= 0.6 is 11.6 Å². The highest BCUT2D eigenvalue weighted by atomic mass is 35.5. The van der Waals surface area contributed by atoms with Gasteiger partial charge < -0.3 is 0 Å². The standard InChI is InChI=1S/CH3Cl.CO2/c1-2;2-1-3/h1H3;. The van der Waals surface area contributed by atoms with Crippen molar-refractivity contribution in [1.82, 2.24) is 0 Å². The molecule has 0 unspecified atom stereocenters. The summed E-state index contributed by atoms with van der Waals surface area (Å²) in [6.45, 7) is 0. The van der Waals surface area contributed by atoms with Crippen LogP contribution in [0.25, 0.3) is 0 Å². The smallest absolute Gasteiger partial charge is 0.186 e. The van der Waals surface area contributed by atoms with Gasteiger partial charge in [0.25, 0.3) is 0 Å². The second-order valence-corrected chi connectivity index (χ2v) is 0.0833. The van der Waals surface area contributed by atoms with Gasteiger partial charge in [0.2, 0.25) is 0 Å². The molecule has 3 heteroatoms. The molecule has 0 aromatic heterocycles. The van der Waals surface area contributed by atoms with E-state index in [0.29, 0.717) is 0 Å². The summed E-state index contributed by atoms with van der Waals surface area (Å²) in [6, 6.07) is 0. The largest absolute Gasteiger partial charge is 0.373 e. The first-order chi connectivity index (χ1) is 2.41. The Morgan fingerprint density at radius 3 is 1.40 bits per heavy atom. The maximum Gasteiger partial charge on any atom is 0.373 e. The molecule has 0 atom stereocenters. The predicted molar refractivity (Wildman–Crippen MR) is 16.8 cm³/mol. The summed E-state index contributed by atoms with van der Waals surface area (Å²) in [5.74, 6) is 0. The van der Waals surface area contributed by atoms with Crippen LogP contribution in [0.2, 0.25) is 0 Å². The monoisotopic (exact) mass is 94.0 g/mol. The van der Waals surface area contributed by atoms with E-state index in [4.69, 9.17) is 9.59 Å². The van der Waals surface area contributed by atoms with Gasteiger partial charge in [-0.1, -0.05) is 0 Å². The minimum Gasteiger partial charge on any atom is -0.186 e. The Bertz CT molecular complexity index is 28.6. The highest BCUT2D eigenvalue weighted by Crippen LogP contribution is 1.34. The van der Waals surface area contributed by atoms with Crippen LogP contribution in [0, 0.1) is 0 Å². The average Bonchev–Trinajstić information content (AvgIpc) is 1.46. The fourth-order valence-electron chi connectivity index (χ4n) is 0. The highest BCUT2D eigenvalue weighted by molar-refractivity contribution is 6.15. The molecule has 0 radical (unpaired) electrons. The fraction of sp³-hybridized carbons (Fsp3) is 0.500. The summed E-state index contributed by atoms with van der Waals surface area (Å²) in [4.78, 5) is 16.2. The average molecular weight is 94.5 g/mol. The van der Waals surface area contributed by atoms with Crippen LogP contribution in [0.15, 0.2) is 0 Å². The van der Waals surface area contributed by atoms with E-state index in [2.05, 4.69) is 11.6 Å². The van der Waals surface area contributed by atoms with Crippen LogP contribution in [0.1, 0.15) is 0 Å².